The molecule has 4 rings (SSSR count). The number of rotatable bonds is 3. The van der Waals surface area contributed by atoms with Gasteiger partial charge in [-0.1, -0.05) is 6.07 Å². The summed E-state index contributed by atoms with van der Waals surface area (Å²) in [6.07, 6.45) is 3.98. The Hall–Kier alpha value is -2.87. The first kappa shape index (κ1) is 14.7. The summed E-state index contributed by atoms with van der Waals surface area (Å²) < 4.78 is 2.12. The van der Waals surface area contributed by atoms with Crippen molar-refractivity contribution in [3.8, 4) is 0 Å². The summed E-state index contributed by atoms with van der Waals surface area (Å²) >= 11 is 0. The molecule has 124 valence electrons. The molecule has 0 spiro atoms. The normalized spacial score (nSPS) is 18.0. The molecule has 1 atom stereocenters. The van der Waals surface area contributed by atoms with Crippen LogP contribution in [-0.2, 0) is 0 Å². The number of nitrogen functional groups attached to an aromatic ring is 1. The lowest BCUT2D eigenvalue weighted by Gasteiger charge is -2.34. The monoisotopic (exact) mass is 324 g/mol. The van der Waals surface area contributed by atoms with E-state index in [1.54, 1.807) is 0 Å². The first-order valence-corrected chi connectivity index (χ1v) is 7.97. The first-order chi connectivity index (χ1) is 11.7. The number of piperazine rings is 1. The lowest BCUT2D eigenvalue weighted by Crippen LogP contribution is -2.46. The molecule has 1 aliphatic heterocycles. The van der Waals surface area contributed by atoms with Crippen LogP contribution < -0.4 is 21.3 Å². The SMILES string of the molecule is CNc1cc(N2CCNC(c3cnc4ccccn34)C2)nc(N)n1. The fourth-order valence-corrected chi connectivity index (χ4v) is 3.11. The van der Waals surface area contributed by atoms with Crippen LogP contribution in [0.5, 0.6) is 0 Å². The van der Waals surface area contributed by atoms with Crippen molar-refractivity contribution in [2.75, 3.05) is 42.6 Å². The fourth-order valence-electron chi connectivity index (χ4n) is 3.11. The topological polar surface area (TPSA) is 96.4 Å². The second-order valence-electron chi connectivity index (χ2n) is 5.78. The minimum absolute atomic E-state index is 0.172. The summed E-state index contributed by atoms with van der Waals surface area (Å²) in [5.74, 6) is 1.84. The molecule has 0 aromatic carbocycles. The zero-order valence-corrected chi connectivity index (χ0v) is 13.5. The third-order valence-electron chi connectivity index (χ3n) is 4.29. The van der Waals surface area contributed by atoms with Crippen molar-refractivity contribution >= 4 is 23.2 Å². The van der Waals surface area contributed by atoms with Crippen LogP contribution in [0, 0.1) is 0 Å². The van der Waals surface area contributed by atoms with Crippen LogP contribution in [0.3, 0.4) is 0 Å². The van der Waals surface area contributed by atoms with E-state index < -0.39 is 0 Å². The largest absolute Gasteiger partial charge is 0.373 e. The van der Waals surface area contributed by atoms with Crippen molar-refractivity contribution in [3.63, 3.8) is 0 Å². The minimum Gasteiger partial charge on any atom is -0.373 e. The molecule has 1 fully saturated rings. The number of nitrogens with zero attached hydrogens (tertiary/aromatic N) is 5. The lowest BCUT2D eigenvalue weighted by molar-refractivity contribution is 0.459. The summed E-state index contributed by atoms with van der Waals surface area (Å²) in [6.45, 7) is 2.53. The van der Waals surface area contributed by atoms with Gasteiger partial charge in [-0.15, -0.1) is 0 Å². The third kappa shape index (κ3) is 2.61. The zero-order chi connectivity index (χ0) is 16.5. The summed E-state index contributed by atoms with van der Waals surface area (Å²) in [6, 6.07) is 8.12. The first-order valence-electron chi connectivity index (χ1n) is 7.97. The van der Waals surface area contributed by atoms with Crippen LogP contribution in [0.25, 0.3) is 5.65 Å². The molecule has 24 heavy (non-hydrogen) atoms. The van der Waals surface area contributed by atoms with Crippen LogP contribution in [0.4, 0.5) is 17.6 Å². The van der Waals surface area contributed by atoms with E-state index in [4.69, 9.17) is 5.73 Å². The number of pyridine rings is 1. The third-order valence-corrected chi connectivity index (χ3v) is 4.29. The van der Waals surface area contributed by atoms with Crippen molar-refractivity contribution < 1.29 is 0 Å². The highest BCUT2D eigenvalue weighted by atomic mass is 15.3. The van der Waals surface area contributed by atoms with Gasteiger partial charge in [0.1, 0.15) is 17.3 Å². The number of hydrogen-bond acceptors (Lipinski definition) is 7. The average molecular weight is 324 g/mol. The summed E-state index contributed by atoms with van der Waals surface area (Å²) in [5, 5.41) is 6.59. The van der Waals surface area contributed by atoms with E-state index >= 15 is 0 Å². The maximum absolute atomic E-state index is 5.83. The van der Waals surface area contributed by atoms with Gasteiger partial charge in [0, 0.05) is 38.9 Å². The average Bonchev–Trinajstić information content (AvgIpc) is 3.05. The summed E-state index contributed by atoms with van der Waals surface area (Å²) in [4.78, 5) is 15.2. The molecular formula is C16H20N8. The molecule has 1 saturated heterocycles. The Labute approximate surface area is 139 Å². The number of anilines is 3. The second kappa shape index (κ2) is 5.97. The standard InChI is InChI=1S/C16H20N8/c1-18-13-8-15(22-16(17)21-13)23-7-5-19-11(10-23)12-9-20-14-4-2-3-6-24(12)14/h2-4,6,8-9,11,19H,5,7,10H2,1H3,(H3,17,18,21,22). The van der Waals surface area contributed by atoms with Crippen molar-refractivity contribution in [1.29, 1.82) is 0 Å². The molecule has 1 aliphatic rings. The molecule has 3 aromatic rings. The Morgan fingerprint density at radius 2 is 2.25 bits per heavy atom. The van der Waals surface area contributed by atoms with Crippen LogP contribution >= 0.6 is 0 Å². The molecule has 0 radical (unpaired) electrons. The maximum atomic E-state index is 5.83. The van der Waals surface area contributed by atoms with Crippen LogP contribution in [0.15, 0.2) is 36.7 Å². The maximum Gasteiger partial charge on any atom is 0.223 e. The highest BCUT2D eigenvalue weighted by Crippen LogP contribution is 2.23. The van der Waals surface area contributed by atoms with E-state index in [2.05, 4.69) is 34.9 Å². The Bertz CT molecular complexity index is 858. The Balaban J connectivity index is 1.63. The molecule has 3 aromatic heterocycles. The molecule has 4 N–H and O–H groups in total. The summed E-state index contributed by atoms with van der Waals surface area (Å²) in [5.41, 5.74) is 7.93. The number of imidazole rings is 1. The van der Waals surface area contributed by atoms with Gasteiger partial charge in [0.2, 0.25) is 5.95 Å². The van der Waals surface area contributed by atoms with E-state index in [1.807, 2.05) is 43.7 Å². The number of aromatic nitrogens is 4. The minimum atomic E-state index is 0.172. The summed E-state index contributed by atoms with van der Waals surface area (Å²) in [7, 11) is 1.82. The molecule has 0 aliphatic carbocycles. The quantitative estimate of drug-likeness (QED) is 0.658. The molecule has 0 amide bonds. The van der Waals surface area contributed by atoms with Gasteiger partial charge < -0.3 is 25.7 Å². The number of fused-ring (bicyclic) bond motifs is 1. The van der Waals surface area contributed by atoms with Crippen LogP contribution in [-0.4, -0.2) is 46.0 Å². The molecule has 1 unspecified atom stereocenters. The lowest BCUT2D eigenvalue weighted by atomic mass is 10.1. The van der Waals surface area contributed by atoms with Crippen LogP contribution in [0.1, 0.15) is 11.7 Å². The van der Waals surface area contributed by atoms with Gasteiger partial charge in [-0.05, 0) is 12.1 Å². The predicted octanol–water partition coefficient (Wildman–Crippen LogP) is 0.899. The predicted molar refractivity (Wildman–Crippen MR) is 94.1 cm³/mol. The molecular weight excluding hydrogens is 304 g/mol. The second-order valence-corrected chi connectivity index (χ2v) is 5.78. The number of nitrogens with one attached hydrogen (secondary N) is 2. The van der Waals surface area contributed by atoms with Gasteiger partial charge in [-0.25, -0.2) is 4.98 Å². The van der Waals surface area contributed by atoms with Gasteiger partial charge >= 0.3 is 0 Å². The van der Waals surface area contributed by atoms with E-state index in [0.717, 1.165) is 42.6 Å². The van der Waals surface area contributed by atoms with Gasteiger partial charge in [0.25, 0.3) is 0 Å². The highest BCUT2D eigenvalue weighted by molar-refractivity contribution is 5.53. The molecule has 0 bridgehead atoms. The van der Waals surface area contributed by atoms with E-state index in [0.29, 0.717) is 0 Å². The molecule has 0 saturated carbocycles. The van der Waals surface area contributed by atoms with Crippen molar-refractivity contribution in [2.45, 2.75) is 6.04 Å². The number of nitrogens with two attached hydrogens (primary N) is 1. The zero-order valence-electron chi connectivity index (χ0n) is 13.5. The smallest absolute Gasteiger partial charge is 0.223 e. The molecule has 8 nitrogen and oxygen atoms in total. The molecule has 8 heteroatoms. The van der Waals surface area contributed by atoms with Gasteiger partial charge in [0.05, 0.1) is 17.9 Å². The Morgan fingerprint density at radius 3 is 3.12 bits per heavy atom. The van der Waals surface area contributed by atoms with Crippen molar-refractivity contribution in [2.24, 2.45) is 0 Å². The van der Waals surface area contributed by atoms with E-state index in [-0.39, 0.29) is 12.0 Å². The van der Waals surface area contributed by atoms with Crippen molar-refractivity contribution in [1.82, 2.24) is 24.7 Å². The van der Waals surface area contributed by atoms with E-state index in [1.165, 1.54) is 0 Å². The van der Waals surface area contributed by atoms with Crippen LogP contribution in [0.2, 0.25) is 0 Å². The van der Waals surface area contributed by atoms with Gasteiger partial charge in [0.15, 0.2) is 0 Å². The van der Waals surface area contributed by atoms with Gasteiger partial charge in [-0.2, -0.15) is 9.97 Å². The van der Waals surface area contributed by atoms with E-state index in [9.17, 15) is 0 Å². The highest BCUT2D eigenvalue weighted by Gasteiger charge is 2.24. The Morgan fingerprint density at radius 1 is 1.33 bits per heavy atom. The van der Waals surface area contributed by atoms with Gasteiger partial charge in [-0.3, -0.25) is 0 Å². The molecule has 4 heterocycles. The number of hydrogen-bond donors (Lipinski definition) is 3. The fraction of sp³-hybridized carbons (Fsp3) is 0.312. The van der Waals surface area contributed by atoms with Crippen molar-refractivity contribution in [3.05, 3.63) is 42.4 Å². The Kier molecular flexibility index (Phi) is 3.66.